The minimum atomic E-state index is -0.104. The van der Waals surface area contributed by atoms with E-state index in [0.717, 1.165) is 12.0 Å². The summed E-state index contributed by atoms with van der Waals surface area (Å²) < 4.78 is 0. The van der Waals surface area contributed by atoms with Gasteiger partial charge < -0.3 is 15.1 Å². The van der Waals surface area contributed by atoms with Crippen LogP contribution >= 0.6 is 0 Å². The molecular weight excluding hydrogens is 318 g/mol. The molecule has 1 aliphatic rings. The van der Waals surface area contributed by atoms with Crippen molar-refractivity contribution >= 4 is 18.3 Å². The second-order valence-electron chi connectivity index (χ2n) is 6.01. The van der Waals surface area contributed by atoms with E-state index in [0.29, 0.717) is 37.7 Å². The van der Waals surface area contributed by atoms with E-state index < -0.39 is 0 Å². The van der Waals surface area contributed by atoms with Gasteiger partial charge in [-0.3, -0.25) is 9.59 Å². The van der Waals surface area contributed by atoms with Crippen LogP contribution < -0.4 is 5.32 Å². The Morgan fingerprint density at radius 1 is 1.12 bits per heavy atom. The minimum Gasteiger partial charge on any atom is -0.348 e. The highest BCUT2D eigenvalue weighted by atomic mass is 16.2. The van der Waals surface area contributed by atoms with Crippen LogP contribution in [-0.4, -0.2) is 58.3 Å². The fourth-order valence-electron chi connectivity index (χ4n) is 2.74. The van der Waals surface area contributed by atoms with Crippen LogP contribution in [-0.2, 0) is 4.79 Å². The molecule has 25 heavy (non-hydrogen) atoms. The first kappa shape index (κ1) is 16.9. The van der Waals surface area contributed by atoms with Crippen LogP contribution in [0.15, 0.2) is 42.7 Å². The molecule has 7 heteroatoms. The lowest BCUT2D eigenvalue weighted by Crippen LogP contribution is -2.48. The maximum atomic E-state index is 12.5. The molecule has 1 atom stereocenters. The van der Waals surface area contributed by atoms with Crippen molar-refractivity contribution in [3.8, 4) is 0 Å². The summed E-state index contributed by atoms with van der Waals surface area (Å²) in [5, 5.41) is 3.22. The van der Waals surface area contributed by atoms with Gasteiger partial charge in [0.25, 0.3) is 5.91 Å². The molecule has 0 saturated carbocycles. The lowest BCUT2D eigenvalue weighted by molar-refractivity contribution is -0.119. The first-order chi connectivity index (χ1) is 12.2. The molecule has 130 valence electrons. The highest BCUT2D eigenvalue weighted by Crippen LogP contribution is 2.16. The van der Waals surface area contributed by atoms with Gasteiger partial charge in [-0.05, 0) is 12.5 Å². The van der Waals surface area contributed by atoms with Crippen LogP contribution in [0.3, 0.4) is 0 Å². The van der Waals surface area contributed by atoms with E-state index in [1.54, 1.807) is 22.2 Å². The standard InChI is InChI=1S/C18H21N5O2/c1-14(15-5-3-2-4-6-15)21-18-19-11-16(12-20-18)17(25)23-9-7-22(13-24)8-10-23/h2-6,11-14H,7-10H2,1H3,(H,19,20,21). The number of nitrogens with zero attached hydrogens (tertiary/aromatic N) is 4. The quantitative estimate of drug-likeness (QED) is 0.837. The van der Waals surface area contributed by atoms with Crippen LogP contribution in [0.1, 0.15) is 28.9 Å². The molecule has 1 aromatic carbocycles. The Labute approximate surface area is 146 Å². The summed E-state index contributed by atoms with van der Waals surface area (Å²) in [5.41, 5.74) is 1.59. The second kappa shape index (κ2) is 7.74. The number of nitrogens with one attached hydrogen (secondary N) is 1. The fourth-order valence-corrected chi connectivity index (χ4v) is 2.74. The Morgan fingerprint density at radius 3 is 2.36 bits per heavy atom. The van der Waals surface area contributed by atoms with Gasteiger partial charge in [0.1, 0.15) is 0 Å². The monoisotopic (exact) mass is 339 g/mol. The molecule has 3 rings (SSSR count). The molecule has 1 saturated heterocycles. The van der Waals surface area contributed by atoms with Gasteiger partial charge in [0, 0.05) is 38.6 Å². The SMILES string of the molecule is CC(Nc1ncc(C(=O)N2CCN(C=O)CC2)cn1)c1ccccc1. The van der Waals surface area contributed by atoms with E-state index in [9.17, 15) is 9.59 Å². The predicted octanol–water partition coefficient (Wildman–Crippen LogP) is 1.56. The first-order valence-corrected chi connectivity index (χ1v) is 8.29. The number of carbonyl (C=O) groups is 2. The number of hydrogen-bond donors (Lipinski definition) is 1. The predicted molar refractivity (Wildman–Crippen MR) is 94.1 cm³/mol. The zero-order chi connectivity index (χ0) is 17.6. The number of rotatable bonds is 5. The molecule has 7 nitrogen and oxygen atoms in total. The van der Waals surface area contributed by atoms with Crippen molar-refractivity contribution < 1.29 is 9.59 Å². The third kappa shape index (κ3) is 4.12. The van der Waals surface area contributed by atoms with Gasteiger partial charge in [-0.25, -0.2) is 9.97 Å². The normalized spacial score (nSPS) is 15.6. The molecule has 0 spiro atoms. The molecule has 1 aliphatic heterocycles. The molecule has 2 aromatic rings. The van der Waals surface area contributed by atoms with Crippen molar-refractivity contribution in [2.24, 2.45) is 0 Å². The van der Waals surface area contributed by atoms with Gasteiger partial charge in [-0.15, -0.1) is 0 Å². The molecule has 0 bridgehead atoms. The topological polar surface area (TPSA) is 78.4 Å². The first-order valence-electron chi connectivity index (χ1n) is 8.29. The molecule has 1 aromatic heterocycles. The molecule has 0 aliphatic carbocycles. The molecule has 2 amide bonds. The average molecular weight is 339 g/mol. The molecule has 2 heterocycles. The summed E-state index contributed by atoms with van der Waals surface area (Å²) in [6, 6.07) is 10.1. The van der Waals surface area contributed by atoms with Crippen LogP contribution in [0.25, 0.3) is 0 Å². The zero-order valence-corrected chi connectivity index (χ0v) is 14.1. The van der Waals surface area contributed by atoms with Gasteiger partial charge in [0.15, 0.2) is 0 Å². The van der Waals surface area contributed by atoms with Crippen LogP contribution in [0.2, 0.25) is 0 Å². The lowest BCUT2D eigenvalue weighted by atomic mass is 10.1. The van der Waals surface area contributed by atoms with Gasteiger partial charge in [-0.2, -0.15) is 0 Å². The lowest BCUT2D eigenvalue weighted by Gasteiger charge is -2.32. The van der Waals surface area contributed by atoms with E-state index in [2.05, 4.69) is 15.3 Å². The number of hydrogen-bond acceptors (Lipinski definition) is 5. The zero-order valence-electron chi connectivity index (χ0n) is 14.1. The Bertz CT molecular complexity index is 712. The highest BCUT2D eigenvalue weighted by Gasteiger charge is 2.21. The molecule has 1 unspecified atom stereocenters. The number of aromatic nitrogens is 2. The van der Waals surface area contributed by atoms with Gasteiger partial charge >= 0.3 is 0 Å². The summed E-state index contributed by atoms with van der Waals surface area (Å²) in [5.74, 6) is 0.381. The third-order valence-electron chi connectivity index (χ3n) is 4.29. The van der Waals surface area contributed by atoms with Gasteiger partial charge in [-0.1, -0.05) is 30.3 Å². The summed E-state index contributed by atoms with van der Waals surface area (Å²) >= 11 is 0. The van der Waals surface area contributed by atoms with Crippen LogP contribution in [0.4, 0.5) is 5.95 Å². The largest absolute Gasteiger partial charge is 0.348 e. The summed E-state index contributed by atoms with van der Waals surface area (Å²) in [6.07, 6.45) is 3.91. The average Bonchev–Trinajstić information content (AvgIpc) is 2.69. The minimum absolute atomic E-state index is 0.0687. The van der Waals surface area contributed by atoms with Crippen LogP contribution in [0, 0.1) is 0 Å². The van der Waals surface area contributed by atoms with E-state index in [1.807, 2.05) is 37.3 Å². The summed E-state index contributed by atoms with van der Waals surface area (Å²) in [7, 11) is 0. The number of anilines is 1. The fraction of sp³-hybridized carbons (Fsp3) is 0.333. The molecule has 1 fully saturated rings. The Morgan fingerprint density at radius 2 is 1.76 bits per heavy atom. The van der Waals surface area contributed by atoms with Crippen molar-refractivity contribution in [2.75, 3.05) is 31.5 Å². The number of benzene rings is 1. The van der Waals surface area contributed by atoms with Crippen LogP contribution in [0.5, 0.6) is 0 Å². The summed E-state index contributed by atoms with van der Waals surface area (Å²) in [4.78, 5) is 35.1. The van der Waals surface area contributed by atoms with Gasteiger partial charge in [0.2, 0.25) is 12.4 Å². The number of carbonyl (C=O) groups excluding carboxylic acids is 2. The molecule has 0 radical (unpaired) electrons. The Hall–Kier alpha value is -2.96. The van der Waals surface area contributed by atoms with Crippen molar-refractivity contribution in [3.63, 3.8) is 0 Å². The Balaban J connectivity index is 1.60. The van der Waals surface area contributed by atoms with Crippen molar-refractivity contribution in [1.82, 2.24) is 19.8 Å². The van der Waals surface area contributed by atoms with Crippen molar-refractivity contribution in [1.29, 1.82) is 0 Å². The second-order valence-corrected chi connectivity index (χ2v) is 6.01. The molecule has 1 N–H and O–H groups in total. The highest BCUT2D eigenvalue weighted by molar-refractivity contribution is 5.93. The third-order valence-corrected chi connectivity index (χ3v) is 4.29. The maximum Gasteiger partial charge on any atom is 0.257 e. The number of piperazine rings is 1. The summed E-state index contributed by atoms with van der Waals surface area (Å²) in [6.45, 7) is 4.21. The van der Waals surface area contributed by atoms with Crippen molar-refractivity contribution in [3.05, 3.63) is 53.9 Å². The van der Waals surface area contributed by atoms with Crippen molar-refractivity contribution in [2.45, 2.75) is 13.0 Å². The van der Waals surface area contributed by atoms with Gasteiger partial charge in [0.05, 0.1) is 11.6 Å². The van der Waals surface area contributed by atoms with E-state index in [-0.39, 0.29) is 11.9 Å². The smallest absolute Gasteiger partial charge is 0.257 e. The van der Waals surface area contributed by atoms with E-state index in [4.69, 9.17) is 0 Å². The van der Waals surface area contributed by atoms with E-state index >= 15 is 0 Å². The molecular formula is C18H21N5O2. The number of amides is 2. The maximum absolute atomic E-state index is 12.5. The Kier molecular flexibility index (Phi) is 5.23. The van der Waals surface area contributed by atoms with E-state index in [1.165, 1.54) is 0 Å².